The van der Waals surface area contributed by atoms with Crippen molar-refractivity contribution in [1.82, 2.24) is 0 Å². The minimum absolute atomic E-state index is 0.431. The molecule has 0 bridgehead atoms. The molecule has 1 rings (SSSR count). The number of ether oxygens (including phenoxy) is 1. The summed E-state index contributed by atoms with van der Waals surface area (Å²) in [6.07, 6.45) is -4.84. The summed E-state index contributed by atoms with van der Waals surface area (Å²) in [5.41, 5.74) is 0.565. The van der Waals surface area contributed by atoms with E-state index in [0.29, 0.717) is 5.56 Å². The molecule has 0 radical (unpaired) electrons. The highest BCUT2D eigenvalue weighted by molar-refractivity contribution is 7.10. The first kappa shape index (κ1) is 14.4. The SMILES string of the molecule is Cc1sccc1C(O)COCC(F)(F)C(F)F. The van der Waals surface area contributed by atoms with Crippen LogP contribution < -0.4 is 0 Å². The smallest absolute Gasteiger partial charge is 0.330 e. The molecule has 1 atom stereocenters. The summed E-state index contributed by atoms with van der Waals surface area (Å²) in [5.74, 6) is -4.18. The zero-order valence-electron chi connectivity index (χ0n) is 9.00. The van der Waals surface area contributed by atoms with Crippen molar-refractivity contribution in [2.24, 2.45) is 0 Å². The lowest BCUT2D eigenvalue weighted by Crippen LogP contribution is -2.33. The van der Waals surface area contributed by atoms with Crippen molar-refractivity contribution < 1.29 is 27.4 Å². The average Bonchev–Trinajstić information content (AvgIpc) is 2.63. The number of aryl methyl sites for hydroxylation is 1. The van der Waals surface area contributed by atoms with Crippen LogP contribution in [0.2, 0.25) is 0 Å². The lowest BCUT2D eigenvalue weighted by molar-refractivity contribution is -0.170. The van der Waals surface area contributed by atoms with Crippen LogP contribution in [0.15, 0.2) is 11.4 Å². The van der Waals surface area contributed by atoms with Gasteiger partial charge in [0, 0.05) is 4.88 Å². The molecule has 0 fully saturated rings. The number of rotatable bonds is 6. The molecule has 98 valence electrons. The van der Waals surface area contributed by atoms with Crippen molar-refractivity contribution in [3.8, 4) is 0 Å². The van der Waals surface area contributed by atoms with Crippen molar-refractivity contribution in [3.63, 3.8) is 0 Å². The molecule has 0 aliphatic heterocycles. The van der Waals surface area contributed by atoms with Crippen molar-refractivity contribution in [3.05, 3.63) is 21.9 Å². The summed E-state index contributed by atoms with van der Waals surface area (Å²) in [6.45, 7) is -0.0677. The van der Waals surface area contributed by atoms with E-state index in [9.17, 15) is 22.7 Å². The molecular formula is C10H12F4O2S. The number of aliphatic hydroxyl groups is 1. The molecular weight excluding hydrogens is 260 g/mol. The Balaban J connectivity index is 2.40. The fourth-order valence-electron chi connectivity index (χ4n) is 1.20. The molecule has 1 N–H and O–H groups in total. The van der Waals surface area contributed by atoms with E-state index < -0.39 is 31.7 Å². The van der Waals surface area contributed by atoms with Crippen LogP contribution >= 0.6 is 11.3 Å². The third kappa shape index (κ3) is 3.93. The van der Waals surface area contributed by atoms with Gasteiger partial charge in [-0.2, -0.15) is 8.78 Å². The number of thiophene rings is 1. The second-order valence-electron chi connectivity index (χ2n) is 3.52. The van der Waals surface area contributed by atoms with Gasteiger partial charge in [0.2, 0.25) is 0 Å². The molecule has 1 unspecified atom stereocenters. The maximum absolute atomic E-state index is 12.5. The van der Waals surface area contributed by atoms with Gasteiger partial charge in [-0.1, -0.05) is 0 Å². The summed E-state index contributed by atoms with van der Waals surface area (Å²) in [5, 5.41) is 11.3. The molecule has 7 heteroatoms. The van der Waals surface area contributed by atoms with Crippen LogP contribution in [0.1, 0.15) is 16.5 Å². The Morgan fingerprint density at radius 2 is 2.12 bits per heavy atom. The normalized spacial score (nSPS) is 14.3. The van der Waals surface area contributed by atoms with Crippen LogP contribution in [0.4, 0.5) is 17.6 Å². The van der Waals surface area contributed by atoms with Gasteiger partial charge in [-0.3, -0.25) is 0 Å². The van der Waals surface area contributed by atoms with Gasteiger partial charge >= 0.3 is 12.3 Å². The first-order valence-electron chi connectivity index (χ1n) is 4.80. The monoisotopic (exact) mass is 272 g/mol. The van der Waals surface area contributed by atoms with E-state index in [1.165, 1.54) is 11.3 Å². The Labute approximate surface area is 99.8 Å². The number of hydrogen-bond acceptors (Lipinski definition) is 3. The molecule has 1 aromatic heterocycles. The maximum atomic E-state index is 12.5. The van der Waals surface area contributed by atoms with Gasteiger partial charge in [-0.05, 0) is 23.9 Å². The molecule has 0 aliphatic rings. The van der Waals surface area contributed by atoms with E-state index in [-0.39, 0.29) is 0 Å². The van der Waals surface area contributed by atoms with E-state index in [2.05, 4.69) is 4.74 Å². The van der Waals surface area contributed by atoms with Crippen molar-refractivity contribution in [2.75, 3.05) is 13.2 Å². The minimum Gasteiger partial charge on any atom is -0.386 e. The number of hydrogen-bond donors (Lipinski definition) is 1. The summed E-state index contributed by atoms with van der Waals surface area (Å²) < 4.78 is 52.9. The summed E-state index contributed by atoms with van der Waals surface area (Å²) >= 11 is 1.39. The fraction of sp³-hybridized carbons (Fsp3) is 0.600. The first-order valence-corrected chi connectivity index (χ1v) is 5.68. The summed E-state index contributed by atoms with van der Waals surface area (Å²) in [7, 11) is 0. The number of aliphatic hydroxyl groups excluding tert-OH is 1. The van der Waals surface area contributed by atoms with Crippen LogP contribution in [0.25, 0.3) is 0 Å². The first-order chi connectivity index (χ1) is 7.84. The lowest BCUT2D eigenvalue weighted by atomic mass is 10.1. The topological polar surface area (TPSA) is 29.5 Å². The van der Waals surface area contributed by atoms with Crippen molar-refractivity contribution in [2.45, 2.75) is 25.4 Å². The lowest BCUT2D eigenvalue weighted by Gasteiger charge is -2.17. The van der Waals surface area contributed by atoms with Gasteiger partial charge in [0.25, 0.3) is 0 Å². The number of halogens is 4. The standard InChI is InChI=1S/C10H12F4O2S/c1-6-7(2-3-17-6)8(15)4-16-5-10(13,14)9(11)12/h2-3,8-9,15H,4-5H2,1H3. The predicted molar refractivity (Wildman–Crippen MR) is 55.8 cm³/mol. The second kappa shape index (κ2) is 5.79. The maximum Gasteiger partial charge on any atom is 0.330 e. The Morgan fingerprint density at radius 3 is 2.59 bits per heavy atom. The van der Waals surface area contributed by atoms with Crippen molar-refractivity contribution >= 4 is 11.3 Å². The van der Waals surface area contributed by atoms with Crippen LogP contribution in [0.3, 0.4) is 0 Å². The van der Waals surface area contributed by atoms with Gasteiger partial charge in [-0.25, -0.2) is 8.78 Å². The third-order valence-corrected chi connectivity index (χ3v) is 3.01. The van der Waals surface area contributed by atoms with E-state index >= 15 is 0 Å². The largest absolute Gasteiger partial charge is 0.386 e. The Bertz CT molecular complexity index is 354. The third-order valence-electron chi connectivity index (χ3n) is 2.15. The summed E-state index contributed by atoms with van der Waals surface area (Å²) in [6, 6.07) is 1.64. The summed E-state index contributed by atoms with van der Waals surface area (Å²) in [4.78, 5) is 0.835. The molecule has 2 nitrogen and oxygen atoms in total. The fourth-order valence-corrected chi connectivity index (χ4v) is 1.96. The van der Waals surface area contributed by atoms with Crippen molar-refractivity contribution in [1.29, 1.82) is 0 Å². The van der Waals surface area contributed by atoms with Gasteiger partial charge in [0.15, 0.2) is 0 Å². The minimum atomic E-state index is -4.18. The highest BCUT2D eigenvalue weighted by Crippen LogP contribution is 2.25. The second-order valence-corrected chi connectivity index (χ2v) is 4.65. The van der Waals surface area contributed by atoms with E-state index in [4.69, 9.17) is 0 Å². The highest BCUT2D eigenvalue weighted by atomic mass is 32.1. The molecule has 0 saturated heterocycles. The quantitative estimate of drug-likeness (QED) is 0.807. The molecule has 1 aromatic rings. The molecule has 0 spiro atoms. The van der Waals surface area contributed by atoms with Gasteiger partial charge < -0.3 is 9.84 Å². The molecule has 17 heavy (non-hydrogen) atoms. The van der Waals surface area contributed by atoms with Crippen LogP contribution in [-0.4, -0.2) is 30.7 Å². The van der Waals surface area contributed by atoms with Gasteiger partial charge in [-0.15, -0.1) is 11.3 Å². The van der Waals surface area contributed by atoms with Crippen LogP contribution in [-0.2, 0) is 4.74 Å². The molecule has 0 aromatic carbocycles. The van der Waals surface area contributed by atoms with E-state index in [1.54, 1.807) is 18.4 Å². The highest BCUT2D eigenvalue weighted by Gasteiger charge is 2.41. The van der Waals surface area contributed by atoms with Crippen LogP contribution in [0.5, 0.6) is 0 Å². The van der Waals surface area contributed by atoms with E-state index in [1.807, 2.05) is 0 Å². The predicted octanol–water partition coefficient (Wildman–Crippen LogP) is 3.01. The van der Waals surface area contributed by atoms with Gasteiger partial charge in [0.1, 0.15) is 12.7 Å². The Morgan fingerprint density at radius 1 is 1.47 bits per heavy atom. The zero-order chi connectivity index (χ0) is 13.1. The molecule has 0 amide bonds. The molecule has 0 aliphatic carbocycles. The van der Waals surface area contributed by atoms with Gasteiger partial charge in [0.05, 0.1) is 6.61 Å². The Kier molecular flexibility index (Phi) is 4.91. The number of alkyl halides is 4. The van der Waals surface area contributed by atoms with Crippen LogP contribution in [0, 0.1) is 6.92 Å². The van der Waals surface area contributed by atoms with E-state index in [0.717, 1.165) is 4.88 Å². The zero-order valence-corrected chi connectivity index (χ0v) is 9.82. The average molecular weight is 272 g/mol. The molecule has 0 saturated carbocycles. The molecule has 1 heterocycles. The Hall–Kier alpha value is -0.660.